The molecule has 0 aromatic heterocycles. The fourth-order valence-electron chi connectivity index (χ4n) is 1.42. The zero-order chi connectivity index (χ0) is 15.4. The number of carbonyl (C=O) groups is 1. The van der Waals surface area contributed by atoms with Crippen LogP contribution in [0.2, 0.25) is 0 Å². The summed E-state index contributed by atoms with van der Waals surface area (Å²) in [5.41, 5.74) is 0.0107. The van der Waals surface area contributed by atoms with Crippen molar-refractivity contribution in [3.63, 3.8) is 0 Å². The highest BCUT2D eigenvalue weighted by molar-refractivity contribution is 5.87. The second-order valence-electron chi connectivity index (χ2n) is 4.10. The van der Waals surface area contributed by atoms with Crippen molar-refractivity contribution in [1.29, 1.82) is 0 Å². The van der Waals surface area contributed by atoms with Crippen molar-refractivity contribution >= 4 is 5.97 Å². The molecule has 0 bridgehead atoms. The van der Waals surface area contributed by atoms with E-state index >= 15 is 0 Å². The van der Waals surface area contributed by atoms with Gasteiger partial charge >= 0.3 is 18.1 Å². The highest BCUT2D eigenvalue weighted by Crippen LogP contribution is 2.38. The zero-order valence-electron chi connectivity index (χ0n) is 10.1. The lowest BCUT2D eigenvalue weighted by Crippen LogP contribution is -2.35. The Bertz CT molecular complexity index is 491. The first kappa shape index (κ1) is 16.1. The highest BCUT2D eigenvalue weighted by Gasteiger charge is 2.56. The second-order valence-corrected chi connectivity index (χ2v) is 4.10. The normalized spacial score (nSPS) is 13.3. The number of carboxylic acid groups (broad SMARTS) is 1. The Morgan fingerprint density at radius 3 is 2.10 bits per heavy atom. The molecule has 2 nitrogen and oxygen atoms in total. The van der Waals surface area contributed by atoms with E-state index in [4.69, 9.17) is 5.11 Å². The summed E-state index contributed by atoms with van der Waals surface area (Å²) in [6, 6.07) is 8.00. The van der Waals surface area contributed by atoms with E-state index in [0.29, 0.717) is 11.6 Å². The van der Waals surface area contributed by atoms with Crippen molar-refractivity contribution < 1.29 is 31.9 Å². The molecule has 0 unspecified atom stereocenters. The third-order valence-electron chi connectivity index (χ3n) is 2.53. The molecule has 0 aliphatic carbocycles. The average Bonchev–Trinajstić information content (AvgIpc) is 2.34. The van der Waals surface area contributed by atoms with Gasteiger partial charge in [0, 0.05) is 18.4 Å². The van der Waals surface area contributed by atoms with Crippen LogP contribution in [-0.4, -0.2) is 23.2 Å². The van der Waals surface area contributed by atoms with Crippen LogP contribution < -0.4 is 0 Å². The van der Waals surface area contributed by atoms with Crippen molar-refractivity contribution in [2.45, 2.75) is 24.9 Å². The third-order valence-corrected chi connectivity index (χ3v) is 2.53. The molecule has 20 heavy (non-hydrogen) atoms. The average molecular weight is 294 g/mol. The maximum Gasteiger partial charge on any atom is 0.453 e. The number of alkyl halides is 5. The zero-order valence-corrected chi connectivity index (χ0v) is 10.1. The lowest BCUT2D eigenvalue weighted by atomic mass is 10.0. The number of benzene rings is 1. The predicted molar refractivity (Wildman–Crippen MR) is 61.5 cm³/mol. The molecule has 0 aliphatic heterocycles. The number of halogens is 5. The third kappa shape index (κ3) is 4.32. The number of aliphatic carboxylic acids is 1. The Kier molecular flexibility index (Phi) is 4.86. The summed E-state index contributed by atoms with van der Waals surface area (Å²) in [7, 11) is 0. The van der Waals surface area contributed by atoms with Crippen LogP contribution in [0, 0.1) is 0 Å². The summed E-state index contributed by atoms with van der Waals surface area (Å²) < 4.78 is 61.4. The van der Waals surface area contributed by atoms with E-state index in [1.54, 1.807) is 30.3 Å². The van der Waals surface area contributed by atoms with Gasteiger partial charge in [-0.25, -0.2) is 4.79 Å². The highest BCUT2D eigenvalue weighted by atomic mass is 19.4. The molecule has 1 aromatic rings. The number of allylic oxidation sites excluding steroid dienone is 1. The van der Waals surface area contributed by atoms with E-state index in [1.165, 1.54) is 0 Å². The van der Waals surface area contributed by atoms with Gasteiger partial charge in [-0.3, -0.25) is 0 Å². The van der Waals surface area contributed by atoms with Crippen LogP contribution in [0.5, 0.6) is 0 Å². The van der Waals surface area contributed by atoms with Gasteiger partial charge in [0.2, 0.25) is 0 Å². The van der Waals surface area contributed by atoms with Crippen molar-refractivity contribution in [1.82, 2.24) is 0 Å². The van der Waals surface area contributed by atoms with Gasteiger partial charge < -0.3 is 5.11 Å². The summed E-state index contributed by atoms with van der Waals surface area (Å²) >= 11 is 0. The smallest absolute Gasteiger partial charge is 0.453 e. The quantitative estimate of drug-likeness (QED) is 0.662. The number of rotatable bonds is 5. The largest absolute Gasteiger partial charge is 0.478 e. The molecule has 0 atom stereocenters. The lowest BCUT2D eigenvalue weighted by Gasteiger charge is -2.18. The summed E-state index contributed by atoms with van der Waals surface area (Å²) in [5.74, 6) is -6.46. The molecule has 0 heterocycles. The van der Waals surface area contributed by atoms with E-state index in [0.717, 1.165) is 0 Å². The number of hydrogen-bond acceptors (Lipinski definition) is 1. The number of hydrogen-bond donors (Lipinski definition) is 1. The van der Waals surface area contributed by atoms with Gasteiger partial charge in [-0.15, -0.1) is 0 Å². The Hall–Kier alpha value is -1.92. The van der Waals surface area contributed by atoms with E-state index in [2.05, 4.69) is 0 Å². The summed E-state index contributed by atoms with van der Waals surface area (Å²) in [6.07, 6.45) is -7.18. The molecule has 0 saturated heterocycles. The van der Waals surface area contributed by atoms with Gasteiger partial charge in [0.1, 0.15) is 0 Å². The van der Waals surface area contributed by atoms with E-state index in [1.807, 2.05) is 0 Å². The fraction of sp³-hybridized carbons (Fsp3) is 0.308. The van der Waals surface area contributed by atoms with E-state index in [-0.39, 0.29) is 6.42 Å². The Morgan fingerprint density at radius 2 is 1.65 bits per heavy atom. The van der Waals surface area contributed by atoms with Gasteiger partial charge in [0.05, 0.1) is 0 Å². The first-order valence-electron chi connectivity index (χ1n) is 5.54. The fourth-order valence-corrected chi connectivity index (χ4v) is 1.42. The first-order chi connectivity index (χ1) is 9.13. The van der Waals surface area contributed by atoms with E-state index < -0.39 is 30.1 Å². The molecule has 1 rings (SSSR count). The van der Waals surface area contributed by atoms with Gasteiger partial charge in [0.15, 0.2) is 0 Å². The molecule has 0 fully saturated rings. The van der Waals surface area contributed by atoms with Crippen molar-refractivity contribution in [2.24, 2.45) is 0 Å². The van der Waals surface area contributed by atoms with Crippen LogP contribution in [0.3, 0.4) is 0 Å². The SMILES string of the molecule is O=C(O)C(=CCC(F)(F)C(F)(F)F)Cc1ccccc1. The van der Waals surface area contributed by atoms with Crippen LogP contribution in [0.4, 0.5) is 22.0 Å². The molecule has 0 amide bonds. The maximum absolute atomic E-state index is 12.7. The molecular formula is C13H11F5O2. The molecular weight excluding hydrogens is 283 g/mol. The topological polar surface area (TPSA) is 37.3 Å². The Balaban J connectivity index is 2.87. The molecule has 0 spiro atoms. The summed E-state index contributed by atoms with van der Waals surface area (Å²) in [6.45, 7) is 0. The minimum atomic E-state index is -5.69. The molecule has 0 radical (unpaired) electrons. The van der Waals surface area contributed by atoms with Crippen LogP contribution in [0.25, 0.3) is 0 Å². The second kappa shape index (κ2) is 6.02. The van der Waals surface area contributed by atoms with Gasteiger partial charge in [-0.2, -0.15) is 22.0 Å². The standard InChI is InChI=1S/C13H11F5O2/c14-12(15,13(16,17)18)7-6-10(11(19)20)8-9-4-2-1-3-5-9/h1-6H,7-8H2,(H,19,20). The molecule has 1 aromatic carbocycles. The monoisotopic (exact) mass is 294 g/mol. The van der Waals surface area contributed by atoms with Crippen molar-refractivity contribution in [3.05, 3.63) is 47.5 Å². The van der Waals surface area contributed by atoms with Crippen LogP contribution in [-0.2, 0) is 11.2 Å². The van der Waals surface area contributed by atoms with Crippen molar-refractivity contribution in [3.8, 4) is 0 Å². The number of carboxylic acids is 1. The minimum Gasteiger partial charge on any atom is -0.478 e. The van der Waals surface area contributed by atoms with Gasteiger partial charge in [-0.05, 0) is 5.56 Å². The van der Waals surface area contributed by atoms with Gasteiger partial charge in [0.25, 0.3) is 0 Å². The Morgan fingerprint density at radius 1 is 1.10 bits per heavy atom. The lowest BCUT2D eigenvalue weighted by molar-refractivity contribution is -0.280. The molecule has 0 saturated carbocycles. The molecule has 110 valence electrons. The van der Waals surface area contributed by atoms with E-state index in [9.17, 15) is 26.7 Å². The summed E-state index contributed by atoms with van der Waals surface area (Å²) in [4.78, 5) is 10.9. The molecule has 7 heteroatoms. The first-order valence-corrected chi connectivity index (χ1v) is 5.54. The van der Waals surface area contributed by atoms with Crippen LogP contribution in [0.15, 0.2) is 42.0 Å². The van der Waals surface area contributed by atoms with Crippen molar-refractivity contribution in [2.75, 3.05) is 0 Å². The minimum absolute atomic E-state index is 0.218. The molecule has 1 N–H and O–H groups in total. The van der Waals surface area contributed by atoms with Crippen LogP contribution >= 0.6 is 0 Å². The maximum atomic E-state index is 12.7. The van der Waals surface area contributed by atoms with Gasteiger partial charge in [-0.1, -0.05) is 36.4 Å². The van der Waals surface area contributed by atoms with Crippen LogP contribution in [0.1, 0.15) is 12.0 Å². The summed E-state index contributed by atoms with van der Waals surface area (Å²) in [5, 5.41) is 8.84. The Labute approximate surface area is 111 Å². The molecule has 0 aliphatic rings. The predicted octanol–water partition coefficient (Wildman–Crippen LogP) is 3.83.